The van der Waals surface area contributed by atoms with Gasteiger partial charge in [0.2, 0.25) is 0 Å². The Labute approximate surface area is 243 Å². The molecule has 1 aliphatic heterocycles. The van der Waals surface area contributed by atoms with E-state index in [0.29, 0.717) is 35.6 Å². The molecule has 1 amide bonds. The van der Waals surface area contributed by atoms with Gasteiger partial charge in [0.05, 0.1) is 41.1 Å². The van der Waals surface area contributed by atoms with E-state index in [1.807, 2.05) is 17.4 Å². The molecule has 2 aliphatic rings. The van der Waals surface area contributed by atoms with Crippen LogP contribution in [0.4, 0.5) is 5.00 Å². The largest absolute Gasteiger partial charge is 0.379 e. The van der Waals surface area contributed by atoms with Crippen LogP contribution in [-0.2, 0) is 19.7 Å². The van der Waals surface area contributed by atoms with Crippen LogP contribution in [0.3, 0.4) is 0 Å². The van der Waals surface area contributed by atoms with E-state index >= 15 is 0 Å². The Bertz CT molecular complexity index is 1150. The number of hydrogen-bond donors (Lipinski definition) is 0. The van der Waals surface area contributed by atoms with E-state index in [-0.39, 0.29) is 11.3 Å². The Morgan fingerprint density at radius 1 is 1.00 bits per heavy atom. The molecule has 0 spiro atoms. The van der Waals surface area contributed by atoms with Gasteiger partial charge in [0.15, 0.2) is 0 Å². The second-order valence-corrected chi connectivity index (χ2v) is 14.1. The number of alkyl halides is 1. The van der Waals surface area contributed by atoms with Crippen LogP contribution < -0.4 is 4.90 Å². The number of thiocarbonyl (C=S) groups is 1. The number of hydrogen-bond acceptors (Lipinski definition) is 8. The molecule has 1 saturated heterocycles. The van der Waals surface area contributed by atoms with Crippen LogP contribution in [0.25, 0.3) is 15.8 Å². The fourth-order valence-electron chi connectivity index (χ4n) is 4.44. The molecule has 0 saturated carbocycles. The fraction of sp³-hybridized carbons (Fsp3) is 0.556. The maximum Gasteiger partial charge on any atom is 0.266 e. The third kappa shape index (κ3) is 6.62. The maximum absolute atomic E-state index is 13.1. The maximum atomic E-state index is 13.1. The Balaban J connectivity index is 1.28. The standard InChI is InChI=1S/C27H35ClN2O3S4/c1-27(2)19-15-18(35-23(19)24-20(27)17-22(37-24)29(3)4)16-21-25(31)30(26(34)36-21)10-12-33-14-13-32-11-8-6-5-7-9-28/h15-17H,5-14H2,1-4H3/b21-16-. The van der Waals surface area contributed by atoms with Crippen molar-refractivity contribution < 1.29 is 14.3 Å². The lowest BCUT2D eigenvalue weighted by Crippen LogP contribution is -2.31. The van der Waals surface area contributed by atoms with Crippen molar-refractivity contribution in [2.75, 3.05) is 57.8 Å². The molecule has 4 rings (SSSR count). The molecule has 0 unspecified atom stereocenters. The van der Waals surface area contributed by atoms with Gasteiger partial charge in [0.1, 0.15) is 4.32 Å². The van der Waals surface area contributed by atoms with Gasteiger partial charge < -0.3 is 14.4 Å². The number of halogens is 1. The first-order valence-electron chi connectivity index (χ1n) is 12.7. The Morgan fingerprint density at radius 2 is 1.68 bits per heavy atom. The second kappa shape index (κ2) is 12.9. The summed E-state index contributed by atoms with van der Waals surface area (Å²) < 4.78 is 11.9. The number of fused-ring (bicyclic) bond motifs is 3. The first-order valence-corrected chi connectivity index (χ1v) is 16.1. The summed E-state index contributed by atoms with van der Waals surface area (Å²) in [7, 11) is 4.17. The Kier molecular flexibility index (Phi) is 10.2. The lowest BCUT2D eigenvalue weighted by Gasteiger charge is -2.19. The van der Waals surface area contributed by atoms with Crippen LogP contribution in [0.15, 0.2) is 17.0 Å². The van der Waals surface area contributed by atoms with Crippen molar-refractivity contribution in [2.45, 2.75) is 44.9 Å². The molecule has 1 aliphatic carbocycles. The summed E-state index contributed by atoms with van der Waals surface area (Å²) in [5.41, 5.74) is 2.70. The zero-order valence-corrected chi connectivity index (χ0v) is 26.0. The van der Waals surface area contributed by atoms with E-state index in [4.69, 9.17) is 33.3 Å². The Morgan fingerprint density at radius 3 is 2.41 bits per heavy atom. The minimum absolute atomic E-state index is 0.0358. The van der Waals surface area contributed by atoms with Crippen molar-refractivity contribution in [1.82, 2.24) is 4.90 Å². The van der Waals surface area contributed by atoms with Gasteiger partial charge in [-0.15, -0.1) is 34.3 Å². The predicted octanol–water partition coefficient (Wildman–Crippen LogP) is 7.22. The average molecular weight is 599 g/mol. The predicted molar refractivity (Wildman–Crippen MR) is 165 cm³/mol. The monoisotopic (exact) mass is 598 g/mol. The summed E-state index contributed by atoms with van der Waals surface area (Å²) in [5.74, 6) is 0.696. The number of thioether (sulfide) groups is 1. The summed E-state index contributed by atoms with van der Waals surface area (Å²) in [6, 6.07) is 4.56. The second-order valence-electron chi connectivity index (χ2n) is 9.90. The number of thiophene rings is 2. The molecule has 3 heterocycles. The van der Waals surface area contributed by atoms with Gasteiger partial charge in [-0.25, -0.2) is 0 Å². The van der Waals surface area contributed by atoms with Gasteiger partial charge in [-0.1, -0.05) is 50.7 Å². The van der Waals surface area contributed by atoms with Crippen molar-refractivity contribution in [3.8, 4) is 9.75 Å². The molecule has 5 nitrogen and oxygen atoms in total. The van der Waals surface area contributed by atoms with E-state index in [9.17, 15) is 4.79 Å². The highest BCUT2D eigenvalue weighted by Crippen LogP contribution is 2.57. The van der Waals surface area contributed by atoms with Gasteiger partial charge in [0, 0.05) is 41.8 Å². The third-order valence-corrected chi connectivity index (χ3v) is 10.8. The fourth-order valence-corrected chi connectivity index (χ4v) is 8.67. The third-order valence-electron chi connectivity index (χ3n) is 6.61. The number of rotatable bonds is 14. The number of carbonyl (C=O) groups excluding carboxylic acids is 1. The summed E-state index contributed by atoms with van der Waals surface area (Å²) in [6.45, 7) is 7.30. The number of nitrogens with zero attached hydrogens (tertiary/aromatic N) is 2. The minimum Gasteiger partial charge on any atom is -0.379 e. The van der Waals surface area contributed by atoms with E-state index in [0.717, 1.165) is 43.0 Å². The van der Waals surface area contributed by atoms with E-state index in [2.05, 4.69) is 45.0 Å². The highest BCUT2D eigenvalue weighted by atomic mass is 35.5. The van der Waals surface area contributed by atoms with Crippen LogP contribution in [0, 0.1) is 0 Å². The molecular weight excluding hydrogens is 564 g/mol. The summed E-state index contributed by atoms with van der Waals surface area (Å²) >= 11 is 16.2. The number of unbranched alkanes of at least 4 members (excludes halogenated alkanes) is 3. The average Bonchev–Trinajstić information content (AvgIpc) is 3.58. The zero-order chi connectivity index (χ0) is 26.6. The van der Waals surface area contributed by atoms with Crippen LogP contribution >= 0.6 is 58.3 Å². The quantitative estimate of drug-likeness (QED) is 0.0990. The Hall–Kier alpha value is -0.940. The van der Waals surface area contributed by atoms with Crippen LogP contribution in [0.2, 0.25) is 0 Å². The number of anilines is 1. The first kappa shape index (κ1) is 29.1. The molecule has 37 heavy (non-hydrogen) atoms. The highest BCUT2D eigenvalue weighted by molar-refractivity contribution is 8.26. The van der Waals surface area contributed by atoms with Crippen molar-refractivity contribution >= 4 is 79.6 Å². The molecule has 2 aromatic heterocycles. The molecular formula is C27H35ClN2O3S4. The van der Waals surface area contributed by atoms with Gasteiger partial charge in [-0.05, 0) is 42.2 Å². The van der Waals surface area contributed by atoms with Gasteiger partial charge in [0.25, 0.3) is 5.91 Å². The van der Waals surface area contributed by atoms with E-state index < -0.39 is 0 Å². The molecule has 2 aromatic rings. The number of carbonyl (C=O) groups is 1. The molecule has 0 atom stereocenters. The molecule has 10 heteroatoms. The lowest BCUT2D eigenvalue weighted by molar-refractivity contribution is -0.122. The minimum atomic E-state index is -0.0396. The molecule has 1 fully saturated rings. The molecule has 202 valence electrons. The number of ether oxygens (including phenoxy) is 2. The molecule has 0 N–H and O–H groups in total. The van der Waals surface area contributed by atoms with Crippen molar-refractivity contribution in [3.63, 3.8) is 0 Å². The highest BCUT2D eigenvalue weighted by Gasteiger charge is 2.40. The molecule has 0 aromatic carbocycles. The van der Waals surface area contributed by atoms with Crippen molar-refractivity contribution in [1.29, 1.82) is 0 Å². The van der Waals surface area contributed by atoms with E-state index in [1.165, 1.54) is 37.6 Å². The molecule has 0 radical (unpaired) electrons. The lowest BCUT2D eigenvalue weighted by atomic mass is 9.84. The smallest absolute Gasteiger partial charge is 0.266 e. The topological polar surface area (TPSA) is 42.0 Å². The summed E-state index contributed by atoms with van der Waals surface area (Å²) in [6.07, 6.45) is 6.42. The first-order chi connectivity index (χ1) is 17.7. The van der Waals surface area contributed by atoms with Gasteiger partial charge in [-0.2, -0.15) is 0 Å². The van der Waals surface area contributed by atoms with Gasteiger partial charge >= 0.3 is 0 Å². The van der Waals surface area contributed by atoms with Crippen LogP contribution in [0.1, 0.15) is 55.5 Å². The summed E-state index contributed by atoms with van der Waals surface area (Å²) in [4.78, 5) is 21.3. The van der Waals surface area contributed by atoms with Crippen molar-refractivity contribution in [2.24, 2.45) is 0 Å². The normalized spacial score (nSPS) is 17.2. The SMILES string of the molecule is CN(C)c1cc2c(s1)-c1sc(/C=C3\SC(=S)N(CCOCCOCCCCCCCl)C3=O)cc1C2(C)C. The van der Waals surface area contributed by atoms with Gasteiger partial charge in [-0.3, -0.25) is 9.69 Å². The van der Waals surface area contributed by atoms with Crippen LogP contribution in [0.5, 0.6) is 0 Å². The van der Waals surface area contributed by atoms with Crippen LogP contribution in [-0.4, -0.2) is 68.1 Å². The molecule has 0 bridgehead atoms. The van der Waals surface area contributed by atoms with Crippen molar-refractivity contribution in [3.05, 3.63) is 33.0 Å². The van der Waals surface area contributed by atoms with E-state index in [1.54, 1.807) is 16.2 Å². The number of amides is 1. The zero-order valence-electron chi connectivity index (χ0n) is 21.9. The summed E-state index contributed by atoms with van der Waals surface area (Å²) in [5, 5.41) is 1.27.